The summed E-state index contributed by atoms with van der Waals surface area (Å²) in [5, 5.41) is 50.1. The Hall–Kier alpha value is -3.20. The van der Waals surface area contributed by atoms with Crippen LogP contribution in [-0.4, -0.2) is 104 Å². The molecular formula is C44H54O12. The molecular weight excluding hydrogens is 720 g/mol. The van der Waals surface area contributed by atoms with Gasteiger partial charge in [-0.05, 0) is 67.4 Å². The first-order valence-electron chi connectivity index (χ1n) is 20.4. The molecule has 7 fully saturated rings. The lowest BCUT2D eigenvalue weighted by molar-refractivity contribution is -0.459. The van der Waals surface area contributed by atoms with Crippen LogP contribution < -0.4 is 0 Å². The van der Waals surface area contributed by atoms with Crippen LogP contribution in [0.4, 0.5) is 0 Å². The van der Waals surface area contributed by atoms with E-state index in [2.05, 4.69) is 13.5 Å². The molecule has 4 aliphatic heterocycles. The maximum Gasteiger partial charge on any atom is 0.338 e. The first-order chi connectivity index (χ1) is 26.8. The Bertz CT molecular complexity index is 1860. The van der Waals surface area contributed by atoms with E-state index in [0.717, 1.165) is 25.7 Å². The van der Waals surface area contributed by atoms with Gasteiger partial charge in [0.2, 0.25) is 0 Å². The molecule has 9 rings (SSSR count). The van der Waals surface area contributed by atoms with Gasteiger partial charge in [-0.15, -0.1) is 0 Å². The molecule has 0 radical (unpaired) electrons. The van der Waals surface area contributed by atoms with Crippen LogP contribution in [0.2, 0.25) is 0 Å². The number of rotatable bonds is 7. The summed E-state index contributed by atoms with van der Waals surface area (Å²) in [6, 6.07) is 17.2. The number of carbonyl (C=O) groups is 2. The molecule has 2 aromatic rings. The van der Waals surface area contributed by atoms with Crippen LogP contribution >= 0.6 is 0 Å². The maximum absolute atomic E-state index is 14.0. The molecule has 2 aromatic carbocycles. The average molecular weight is 775 g/mol. The van der Waals surface area contributed by atoms with E-state index >= 15 is 0 Å². The van der Waals surface area contributed by atoms with E-state index in [4.69, 9.17) is 28.4 Å². The van der Waals surface area contributed by atoms with Crippen molar-refractivity contribution in [3.63, 3.8) is 0 Å². The zero-order chi connectivity index (χ0) is 39.4. The van der Waals surface area contributed by atoms with Gasteiger partial charge in [-0.2, -0.15) is 0 Å². The molecule has 3 aliphatic carbocycles. The fraction of sp³-hybridized carbons (Fsp3) is 0.636. The minimum Gasteiger partial charge on any atom is -0.462 e. The molecule has 4 saturated heterocycles. The lowest BCUT2D eigenvalue weighted by Gasteiger charge is -2.62. The van der Waals surface area contributed by atoms with E-state index in [1.54, 1.807) is 54.6 Å². The van der Waals surface area contributed by atoms with Crippen LogP contribution in [0.3, 0.4) is 0 Å². The largest absolute Gasteiger partial charge is 0.462 e. The van der Waals surface area contributed by atoms with Crippen molar-refractivity contribution < 1.29 is 58.4 Å². The number of aliphatic hydroxyl groups is 4. The highest BCUT2D eigenvalue weighted by Gasteiger charge is 2.91. The number of carbonyl (C=O) groups excluding carboxylic acids is 2. The van der Waals surface area contributed by atoms with Gasteiger partial charge in [-0.3, -0.25) is 0 Å². The number of hydrogen-bond donors (Lipinski definition) is 4. The van der Waals surface area contributed by atoms with Crippen molar-refractivity contribution in [2.75, 3.05) is 13.2 Å². The number of benzene rings is 2. The Morgan fingerprint density at radius 2 is 1.52 bits per heavy atom. The van der Waals surface area contributed by atoms with Crippen molar-refractivity contribution in [1.29, 1.82) is 0 Å². The van der Waals surface area contributed by atoms with Crippen LogP contribution in [0.15, 0.2) is 72.8 Å². The zero-order valence-electron chi connectivity index (χ0n) is 32.3. The number of fused-ring (bicyclic) bond motifs is 1. The molecule has 0 aromatic heterocycles. The van der Waals surface area contributed by atoms with Crippen LogP contribution in [0.25, 0.3) is 0 Å². The Labute approximate surface area is 327 Å². The van der Waals surface area contributed by atoms with E-state index in [-0.39, 0.29) is 24.5 Å². The molecule has 3 saturated carbocycles. The maximum atomic E-state index is 14.0. The molecule has 2 spiro atoms. The molecule has 16 atom stereocenters. The SMILES string of the molecule is C=C(C)[C@]12C[C@@H](COC(=O)c3ccccc3)[C@@]34OC5(O[C@@H]1[C@@H]3[C@@H]1O[C@]1(CO)[C@@H](O)[C@@]1(O)[C@H]4[C@H]([C@H](C)[C@@H]1OC(=O)c1ccccc1)[C@H](C)CCCCCC[C@H]5O)O2. The van der Waals surface area contributed by atoms with Crippen LogP contribution in [0, 0.1) is 35.5 Å². The normalized spacial score (nSPS) is 47.3. The van der Waals surface area contributed by atoms with Crippen molar-refractivity contribution in [3.05, 3.63) is 83.9 Å². The van der Waals surface area contributed by atoms with Gasteiger partial charge in [0, 0.05) is 17.8 Å². The van der Waals surface area contributed by atoms with Crippen molar-refractivity contribution in [2.45, 2.75) is 125 Å². The number of hydrogen-bond acceptors (Lipinski definition) is 12. The second kappa shape index (κ2) is 13.4. The Balaban J connectivity index is 1.28. The van der Waals surface area contributed by atoms with Crippen LogP contribution in [-0.2, 0) is 28.4 Å². The first-order valence-corrected chi connectivity index (χ1v) is 20.4. The van der Waals surface area contributed by atoms with E-state index in [9.17, 15) is 30.0 Å². The average Bonchev–Trinajstić information content (AvgIpc) is 3.84. The molecule has 0 amide bonds. The monoisotopic (exact) mass is 774 g/mol. The Morgan fingerprint density at radius 3 is 2.16 bits per heavy atom. The van der Waals surface area contributed by atoms with Gasteiger partial charge in [0.05, 0.1) is 29.9 Å². The highest BCUT2D eigenvalue weighted by atomic mass is 16.9. The van der Waals surface area contributed by atoms with Crippen molar-refractivity contribution in [3.8, 4) is 0 Å². The minimum absolute atomic E-state index is 0.0865. The second-order valence-electron chi connectivity index (χ2n) is 17.8. The first kappa shape index (κ1) is 38.3. The van der Waals surface area contributed by atoms with Crippen LogP contribution in [0.5, 0.6) is 0 Å². The number of esters is 2. The number of epoxide rings is 1. The van der Waals surface area contributed by atoms with Crippen molar-refractivity contribution >= 4 is 11.9 Å². The summed E-state index contributed by atoms with van der Waals surface area (Å²) in [6.07, 6.45) is -1.51. The number of aliphatic hydroxyl groups excluding tert-OH is 3. The third-order valence-corrected chi connectivity index (χ3v) is 14.9. The fourth-order valence-corrected chi connectivity index (χ4v) is 12.4. The van der Waals surface area contributed by atoms with Gasteiger partial charge >= 0.3 is 17.9 Å². The Morgan fingerprint density at radius 1 is 0.875 bits per heavy atom. The fourth-order valence-electron chi connectivity index (χ4n) is 12.4. The Kier molecular flexibility index (Phi) is 9.19. The molecule has 3 bridgehead atoms. The summed E-state index contributed by atoms with van der Waals surface area (Å²) in [5.41, 5.74) is -5.58. The molecule has 1 unspecified atom stereocenters. The highest BCUT2D eigenvalue weighted by molar-refractivity contribution is 5.90. The minimum atomic E-state index is -2.27. The standard InChI is InChI=1S/C44H54O12/c1-24(2)40-21-29(22-51-37(47)27-16-10-7-11-17-27)43-32-35(40)54-44(55-40,56-43)30(46)20-14-6-5-9-15-25(3)31-26(4)34(52-38(48)28-18-12-8-13-19-28)42(50,33(31)43)39(49)41(23-45)36(32)53-41/h7-8,10-13,16-19,25-26,29-36,39,45-46,49-50H,1,5-6,9,14-15,20-23H2,2-4H3/t25-,26+,29+,30-,31+,32-,33-,34+,35-,36+,39-,40-,41+,42-,43-,44?/m1/s1. The lowest BCUT2D eigenvalue weighted by atomic mass is 9.51. The molecule has 12 heteroatoms. The molecule has 4 N–H and O–H groups in total. The third-order valence-electron chi connectivity index (χ3n) is 14.9. The molecule has 7 aliphatic rings. The smallest absolute Gasteiger partial charge is 0.338 e. The summed E-state index contributed by atoms with van der Waals surface area (Å²) in [4.78, 5) is 27.7. The van der Waals surface area contributed by atoms with Gasteiger partial charge < -0.3 is 48.8 Å². The van der Waals surface area contributed by atoms with E-state index < -0.39 is 107 Å². The molecule has 4 heterocycles. The van der Waals surface area contributed by atoms with E-state index in [0.29, 0.717) is 24.0 Å². The van der Waals surface area contributed by atoms with E-state index in [1.165, 1.54) is 0 Å². The van der Waals surface area contributed by atoms with E-state index in [1.807, 2.05) is 19.9 Å². The van der Waals surface area contributed by atoms with Crippen LogP contribution in [0.1, 0.15) is 86.4 Å². The van der Waals surface area contributed by atoms with Crippen molar-refractivity contribution in [2.24, 2.45) is 35.5 Å². The van der Waals surface area contributed by atoms with Gasteiger partial charge in [0.15, 0.2) is 0 Å². The highest BCUT2D eigenvalue weighted by Crippen LogP contribution is 2.75. The summed E-state index contributed by atoms with van der Waals surface area (Å²) < 4.78 is 40.4. The summed E-state index contributed by atoms with van der Waals surface area (Å²) >= 11 is 0. The predicted molar refractivity (Wildman–Crippen MR) is 199 cm³/mol. The molecule has 302 valence electrons. The third kappa shape index (κ3) is 5.12. The lowest BCUT2D eigenvalue weighted by Crippen LogP contribution is -2.75. The van der Waals surface area contributed by atoms with Gasteiger partial charge in [0.1, 0.15) is 47.3 Å². The summed E-state index contributed by atoms with van der Waals surface area (Å²) in [6.45, 7) is 9.43. The second-order valence-corrected chi connectivity index (χ2v) is 17.8. The summed E-state index contributed by atoms with van der Waals surface area (Å²) in [7, 11) is 0. The molecule has 12 nitrogen and oxygen atoms in total. The number of ether oxygens (including phenoxy) is 6. The molecule has 56 heavy (non-hydrogen) atoms. The van der Waals surface area contributed by atoms with Gasteiger partial charge in [-0.25, -0.2) is 9.59 Å². The van der Waals surface area contributed by atoms with Gasteiger partial charge in [-0.1, -0.05) is 88.9 Å². The predicted octanol–water partition coefficient (Wildman–Crippen LogP) is 4.33. The zero-order valence-corrected chi connectivity index (χ0v) is 32.3. The topological polar surface area (TPSA) is 174 Å². The van der Waals surface area contributed by atoms with Gasteiger partial charge in [0.25, 0.3) is 0 Å². The van der Waals surface area contributed by atoms with Crippen molar-refractivity contribution in [1.82, 2.24) is 0 Å². The quantitative estimate of drug-likeness (QED) is 0.179. The summed E-state index contributed by atoms with van der Waals surface area (Å²) in [5.74, 6) is -6.91.